The van der Waals surface area contributed by atoms with E-state index in [0.29, 0.717) is 6.04 Å². The molecule has 1 atom stereocenters. The number of pyridine rings is 1. The van der Waals surface area contributed by atoms with Gasteiger partial charge in [0.15, 0.2) is 0 Å². The Morgan fingerprint density at radius 1 is 1.44 bits per heavy atom. The first-order chi connectivity index (χ1) is 8.84. The molecule has 0 bridgehead atoms. The second-order valence-corrected chi connectivity index (χ2v) is 5.02. The summed E-state index contributed by atoms with van der Waals surface area (Å²) in [5, 5.41) is 7.06. The van der Waals surface area contributed by atoms with Gasteiger partial charge in [-0.2, -0.15) is 0 Å². The van der Waals surface area contributed by atoms with Gasteiger partial charge in [0.2, 0.25) is 0 Å². The third-order valence-corrected chi connectivity index (χ3v) is 3.41. The highest BCUT2D eigenvalue weighted by molar-refractivity contribution is 5.03. The van der Waals surface area contributed by atoms with Gasteiger partial charge in [-0.3, -0.25) is 4.98 Å². The molecule has 0 aliphatic carbocycles. The van der Waals surface area contributed by atoms with Gasteiger partial charge in [-0.1, -0.05) is 6.07 Å². The quantitative estimate of drug-likeness (QED) is 0.720. The number of hydrogen-bond donors (Lipinski definition) is 2. The van der Waals surface area contributed by atoms with Crippen LogP contribution in [0.2, 0.25) is 0 Å². The Morgan fingerprint density at radius 2 is 2.39 bits per heavy atom. The van der Waals surface area contributed by atoms with Crippen LogP contribution < -0.4 is 10.6 Å². The topological polar surface area (TPSA) is 40.2 Å². The van der Waals surface area contributed by atoms with Crippen LogP contribution >= 0.6 is 0 Å². The molecule has 0 saturated carbocycles. The minimum Gasteiger partial charge on any atom is -0.316 e. The summed E-state index contributed by atoms with van der Waals surface area (Å²) >= 11 is 0. The van der Waals surface area contributed by atoms with Crippen LogP contribution in [0.25, 0.3) is 0 Å². The lowest BCUT2D eigenvalue weighted by Crippen LogP contribution is -2.49. The van der Waals surface area contributed by atoms with Gasteiger partial charge in [0.1, 0.15) is 0 Å². The van der Waals surface area contributed by atoms with Gasteiger partial charge in [-0.05, 0) is 32.1 Å². The van der Waals surface area contributed by atoms with Crippen molar-refractivity contribution in [2.24, 2.45) is 0 Å². The average Bonchev–Trinajstić information content (AvgIpc) is 2.40. The molecule has 1 aromatic heterocycles. The first kappa shape index (κ1) is 13.5. The number of nitrogens with zero attached hydrogens (tertiary/aromatic N) is 2. The van der Waals surface area contributed by atoms with Crippen LogP contribution in [0, 0.1) is 0 Å². The Hall–Kier alpha value is -0.970. The average molecular weight is 248 g/mol. The molecule has 2 N–H and O–H groups in total. The molecule has 4 nitrogen and oxygen atoms in total. The minimum absolute atomic E-state index is 0.645. The smallest absolute Gasteiger partial charge is 0.0416 e. The van der Waals surface area contributed by atoms with Gasteiger partial charge in [-0.25, -0.2) is 0 Å². The highest BCUT2D eigenvalue weighted by Gasteiger charge is 2.15. The summed E-state index contributed by atoms with van der Waals surface area (Å²) in [5.41, 5.74) is 1.17. The zero-order valence-corrected chi connectivity index (χ0v) is 11.2. The molecule has 0 amide bonds. The molecule has 1 saturated heterocycles. The fraction of sp³-hybridized carbons (Fsp3) is 0.643. The molecule has 1 aliphatic rings. The normalized spacial score (nSPS) is 21.1. The lowest BCUT2D eigenvalue weighted by Gasteiger charge is -2.30. The van der Waals surface area contributed by atoms with E-state index in [0.717, 1.165) is 26.1 Å². The van der Waals surface area contributed by atoms with Crippen LogP contribution in [0.1, 0.15) is 12.1 Å². The number of rotatable bonds is 6. The second-order valence-electron chi connectivity index (χ2n) is 5.02. The predicted molar refractivity (Wildman–Crippen MR) is 74.7 cm³/mol. The minimum atomic E-state index is 0.645. The number of hydrogen-bond acceptors (Lipinski definition) is 4. The summed E-state index contributed by atoms with van der Waals surface area (Å²) in [6.07, 6.45) is 4.07. The van der Waals surface area contributed by atoms with Crippen LogP contribution in [-0.4, -0.2) is 55.7 Å². The fourth-order valence-electron chi connectivity index (χ4n) is 2.35. The zero-order valence-electron chi connectivity index (χ0n) is 11.2. The molecule has 2 rings (SSSR count). The van der Waals surface area contributed by atoms with E-state index in [1.165, 1.54) is 25.2 Å². The molecule has 100 valence electrons. The molecule has 1 aliphatic heterocycles. The lowest BCUT2D eigenvalue weighted by atomic mass is 10.1. The van der Waals surface area contributed by atoms with Crippen molar-refractivity contribution >= 4 is 0 Å². The number of piperazine rings is 1. The summed E-state index contributed by atoms with van der Waals surface area (Å²) < 4.78 is 0. The summed E-state index contributed by atoms with van der Waals surface area (Å²) in [5.74, 6) is 0. The van der Waals surface area contributed by atoms with E-state index in [9.17, 15) is 0 Å². The maximum Gasteiger partial charge on any atom is 0.0416 e. The molecular formula is C14H24N4. The van der Waals surface area contributed by atoms with E-state index < -0.39 is 0 Å². The molecule has 1 aromatic rings. The molecule has 0 radical (unpaired) electrons. The van der Waals surface area contributed by atoms with E-state index in [1.807, 2.05) is 18.3 Å². The Balaban J connectivity index is 1.53. The zero-order chi connectivity index (χ0) is 12.6. The van der Waals surface area contributed by atoms with Crippen LogP contribution in [0.15, 0.2) is 24.4 Å². The maximum atomic E-state index is 4.32. The van der Waals surface area contributed by atoms with Gasteiger partial charge >= 0.3 is 0 Å². The monoisotopic (exact) mass is 248 g/mol. The van der Waals surface area contributed by atoms with Gasteiger partial charge in [0.05, 0.1) is 0 Å². The highest BCUT2D eigenvalue weighted by Crippen LogP contribution is 1.99. The fourth-order valence-corrected chi connectivity index (χ4v) is 2.35. The number of nitrogens with one attached hydrogen (secondary N) is 2. The first-order valence-corrected chi connectivity index (χ1v) is 6.87. The largest absolute Gasteiger partial charge is 0.316 e. The number of aromatic nitrogens is 1. The van der Waals surface area contributed by atoms with Crippen molar-refractivity contribution < 1.29 is 0 Å². The first-order valence-electron chi connectivity index (χ1n) is 6.87. The van der Waals surface area contributed by atoms with Crippen molar-refractivity contribution in [2.45, 2.75) is 18.9 Å². The molecule has 1 unspecified atom stereocenters. The highest BCUT2D eigenvalue weighted by atomic mass is 15.2. The lowest BCUT2D eigenvalue weighted by molar-refractivity contribution is 0.231. The van der Waals surface area contributed by atoms with E-state index in [1.54, 1.807) is 0 Å². The van der Waals surface area contributed by atoms with Gasteiger partial charge in [-0.15, -0.1) is 0 Å². The van der Waals surface area contributed by atoms with Crippen molar-refractivity contribution in [3.63, 3.8) is 0 Å². The summed E-state index contributed by atoms with van der Waals surface area (Å²) in [6, 6.07) is 6.73. The van der Waals surface area contributed by atoms with Crippen molar-refractivity contribution in [3.05, 3.63) is 30.1 Å². The Bertz CT molecular complexity index is 328. The second kappa shape index (κ2) is 7.46. The van der Waals surface area contributed by atoms with Gasteiger partial charge in [0.25, 0.3) is 0 Å². The third-order valence-electron chi connectivity index (χ3n) is 3.41. The van der Waals surface area contributed by atoms with E-state index in [-0.39, 0.29) is 0 Å². The molecule has 18 heavy (non-hydrogen) atoms. The summed E-state index contributed by atoms with van der Waals surface area (Å²) in [7, 11) is 2.20. The predicted octanol–water partition coefficient (Wildman–Crippen LogP) is 0.507. The Kier molecular flexibility index (Phi) is 5.58. The maximum absolute atomic E-state index is 4.32. The van der Waals surface area contributed by atoms with Crippen LogP contribution in [0.3, 0.4) is 0 Å². The molecule has 0 spiro atoms. The van der Waals surface area contributed by atoms with Gasteiger partial charge in [0, 0.05) is 50.5 Å². The Labute approximate surface area is 110 Å². The number of likely N-dealkylation sites (N-methyl/N-ethyl adjacent to an activating group) is 1. The van der Waals surface area contributed by atoms with Crippen LogP contribution in [0.4, 0.5) is 0 Å². The van der Waals surface area contributed by atoms with Crippen LogP contribution in [-0.2, 0) is 6.42 Å². The van der Waals surface area contributed by atoms with E-state index in [2.05, 4.69) is 33.6 Å². The Morgan fingerprint density at radius 3 is 3.17 bits per heavy atom. The standard InChI is InChI=1S/C14H24N4/c1-18-11-10-17-14(12-18)6-9-15-8-5-13-4-2-3-7-16-13/h2-4,7,14-15,17H,5-6,8-12H2,1H3. The van der Waals surface area contributed by atoms with Crippen molar-refractivity contribution in [3.8, 4) is 0 Å². The molecular weight excluding hydrogens is 224 g/mol. The molecule has 2 heterocycles. The van der Waals surface area contributed by atoms with Crippen molar-refractivity contribution in [2.75, 3.05) is 39.8 Å². The molecule has 1 fully saturated rings. The van der Waals surface area contributed by atoms with Gasteiger partial charge < -0.3 is 15.5 Å². The van der Waals surface area contributed by atoms with Crippen molar-refractivity contribution in [1.29, 1.82) is 0 Å². The third kappa shape index (κ3) is 4.72. The van der Waals surface area contributed by atoms with E-state index in [4.69, 9.17) is 0 Å². The van der Waals surface area contributed by atoms with Crippen molar-refractivity contribution in [1.82, 2.24) is 20.5 Å². The molecule has 0 aromatic carbocycles. The SMILES string of the molecule is CN1CCNC(CCNCCc2ccccn2)C1. The van der Waals surface area contributed by atoms with Crippen LogP contribution in [0.5, 0.6) is 0 Å². The summed E-state index contributed by atoms with van der Waals surface area (Å²) in [4.78, 5) is 6.72. The molecule has 4 heteroatoms. The summed E-state index contributed by atoms with van der Waals surface area (Å²) in [6.45, 7) is 5.55. The van der Waals surface area contributed by atoms with E-state index >= 15 is 0 Å².